The summed E-state index contributed by atoms with van der Waals surface area (Å²) in [5.74, 6) is 0.327. The molecule has 2 N–H and O–H groups in total. The zero-order chi connectivity index (χ0) is 16.8. The predicted octanol–water partition coefficient (Wildman–Crippen LogP) is 1.73. The fraction of sp³-hybridized carbons (Fsp3) is 0.167. The number of carbonyl (C=O) groups excluding carboxylic acids is 1. The Kier molecular flexibility index (Phi) is 4.98. The number of amides is 1. The topological polar surface area (TPSA) is 80.0 Å². The Hall–Kier alpha value is -2.99. The fourth-order valence-corrected chi connectivity index (χ4v) is 2.38. The van der Waals surface area contributed by atoms with Crippen molar-refractivity contribution < 1.29 is 9.90 Å². The zero-order valence-electron chi connectivity index (χ0n) is 13.1. The van der Waals surface area contributed by atoms with Crippen LogP contribution in [-0.2, 0) is 13.0 Å². The second-order valence-corrected chi connectivity index (χ2v) is 5.31. The first kappa shape index (κ1) is 15.9. The largest absolute Gasteiger partial charge is 0.392 e. The van der Waals surface area contributed by atoms with E-state index in [9.17, 15) is 4.79 Å². The Morgan fingerprint density at radius 2 is 1.88 bits per heavy atom. The van der Waals surface area contributed by atoms with Gasteiger partial charge in [0.1, 0.15) is 0 Å². The Morgan fingerprint density at radius 3 is 2.58 bits per heavy atom. The van der Waals surface area contributed by atoms with Crippen molar-refractivity contribution in [1.29, 1.82) is 0 Å². The van der Waals surface area contributed by atoms with E-state index in [2.05, 4.69) is 15.4 Å². The monoisotopic (exact) mass is 322 g/mol. The lowest BCUT2D eigenvalue weighted by Gasteiger charge is -2.09. The van der Waals surface area contributed by atoms with Crippen LogP contribution < -0.4 is 5.32 Å². The van der Waals surface area contributed by atoms with Crippen LogP contribution in [0.15, 0.2) is 61.1 Å². The van der Waals surface area contributed by atoms with Crippen LogP contribution in [0.5, 0.6) is 0 Å². The number of aliphatic hydroxyl groups excluding tert-OH is 1. The van der Waals surface area contributed by atoms with Gasteiger partial charge < -0.3 is 10.4 Å². The molecule has 0 radical (unpaired) electrons. The van der Waals surface area contributed by atoms with Crippen LogP contribution in [0.3, 0.4) is 0 Å². The minimum atomic E-state index is -0.180. The number of rotatable bonds is 6. The molecule has 2 heterocycles. The van der Waals surface area contributed by atoms with Gasteiger partial charge in [0, 0.05) is 25.1 Å². The van der Waals surface area contributed by atoms with Crippen molar-refractivity contribution in [3.63, 3.8) is 0 Å². The summed E-state index contributed by atoms with van der Waals surface area (Å²) in [7, 11) is 0. The van der Waals surface area contributed by atoms with Crippen molar-refractivity contribution in [2.75, 3.05) is 6.54 Å². The van der Waals surface area contributed by atoms with Gasteiger partial charge in [0.2, 0.25) is 0 Å². The first-order valence-electron chi connectivity index (χ1n) is 7.70. The van der Waals surface area contributed by atoms with Gasteiger partial charge in [-0.05, 0) is 35.7 Å². The average molecular weight is 322 g/mol. The second-order valence-electron chi connectivity index (χ2n) is 5.31. The van der Waals surface area contributed by atoms with Crippen molar-refractivity contribution in [3.8, 4) is 5.82 Å². The van der Waals surface area contributed by atoms with Crippen molar-refractivity contribution in [2.45, 2.75) is 13.0 Å². The fourth-order valence-electron chi connectivity index (χ4n) is 2.38. The molecule has 0 saturated heterocycles. The molecule has 0 fully saturated rings. The molecule has 1 aromatic carbocycles. The molecule has 2 aromatic heterocycles. The Bertz CT molecular complexity index is 798. The third-order valence-corrected chi connectivity index (χ3v) is 3.66. The zero-order valence-corrected chi connectivity index (χ0v) is 13.1. The van der Waals surface area contributed by atoms with Crippen LogP contribution in [0.2, 0.25) is 0 Å². The molecule has 3 rings (SSSR count). The van der Waals surface area contributed by atoms with Crippen LogP contribution in [0, 0.1) is 0 Å². The highest BCUT2D eigenvalue weighted by molar-refractivity contribution is 5.97. The molecular weight excluding hydrogens is 304 g/mol. The third-order valence-electron chi connectivity index (χ3n) is 3.66. The first-order chi connectivity index (χ1) is 11.8. The highest BCUT2D eigenvalue weighted by Crippen LogP contribution is 2.10. The molecule has 6 heteroatoms. The van der Waals surface area contributed by atoms with Gasteiger partial charge in [-0.1, -0.05) is 24.3 Å². The number of benzene rings is 1. The summed E-state index contributed by atoms with van der Waals surface area (Å²) in [6.07, 6.45) is 5.75. The van der Waals surface area contributed by atoms with Crippen LogP contribution in [0.1, 0.15) is 21.5 Å². The van der Waals surface area contributed by atoms with Gasteiger partial charge in [-0.15, -0.1) is 0 Å². The van der Waals surface area contributed by atoms with Gasteiger partial charge in [0.05, 0.1) is 12.2 Å². The van der Waals surface area contributed by atoms with Crippen molar-refractivity contribution >= 4 is 5.91 Å². The predicted molar refractivity (Wildman–Crippen MR) is 89.8 cm³/mol. The highest BCUT2D eigenvalue weighted by atomic mass is 16.3. The lowest BCUT2D eigenvalue weighted by molar-refractivity contribution is 0.0953. The maximum atomic E-state index is 12.4. The van der Waals surface area contributed by atoms with E-state index < -0.39 is 0 Å². The van der Waals surface area contributed by atoms with Crippen LogP contribution in [0.4, 0.5) is 0 Å². The third kappa shape index (κ3) is 3.67. The number of aromatic nitrogens is 3. The molecule has 0 bridgehead atoms. The summed E-state index contributed by atoms with van der Waals surface area (Å²) in [6, 6.07) is 12.9. The summed E-state index contributed by atoms with van der Waals surface area (Å²) >= 11 is 0. The number of nitrogens with one attached hydrogen (secondary N) is 1. The summed E-state index contributed by atoms with van der Waals surface area (Å²) in [5, 5.41) is 16.1. The van der Waals surface area contributed by atoms with E-state index in [1.54, 1.807) is 41.5 Å². The molecule has 3 aromatic rings. The van der Waals surface area contributed by atoms with Crippen LogP contribution in [0.25, 0.3) is 5.82 Å². The molecule has 6 nitrogen and oxygen atoms in total. The van der Waals surface area contributed by atoms with Gasteiger partial charge in [-0.2, -0.15) is 5.10 Å². The minimum Gasteiger partial charge on any atom is -0.392 e. The maximum Gasteiger partial charge on any atom is 0.255 e. The standard InChI is InChI=1S/C18H18N4O2/c23-13-15-6-4-14(5-7-15)8-11-20-18(24)16-3-1-9-19-17(16)22-12-2-10-21-22/h1-7,9-10,12,23H,8,11,13H2,(H,20,24). The lowest BCUT2D eigenvalue weighted by Crippen LogP contribution is -2.27. The van der Waals surface area contributed by atoms with Crippen molar-refractivity contribution in [1.82, 2.24) is 20.1 Å². The molecule has 1 amide bonds. The first-order valence-corrected chi connectivity index (χ1v) is 7.70. The van der Waals surface area contributed by atoms with Crippen molar-refractivity contribution in [3.05, 3.63) is 77.7 Å². The molecule has 0 saturated carbocycles. The second kappa shape index (κ2) is 7.52. The van der Waals surface area contributed by atoms with Gasteiger partial charge in [0.15, 0.2) is 5.82 Å². The minimum absolute atomic E-state index is 0.0359. The molecule has 0 atom stereocenters. The molecule has 0 aliphatic carbocycles. The number of nitrogens with zero attached hydrogens (tertiary/aromatic N) is 3. The quantitative estimate of drug-likeness (QED) is 0.724. The van der Waals surface area contributed by atoms with E-state index in [0.717, 1.165) is 17.5 Å². The van der Waals surface area contributed by atoms with E-state index >= 15 is 0 Å². The maximum absolute atomic E-state index is 12.4. The molecule has 122 valence electrons. The molecule has 0 aliphatic rings. The number of aliphatic hydroxyl groups is 1. The average Bonchev–Trinajstić information content (AvgIpc) is 3.17. The van der Waals surface area contributed by atoms with E-state index in [-0.39, 0.29) is 12.5 Å². The normalized spacial score (nSPS) is 10.5. The number of pyridine rings is 1. The summed E-state index contributed by atoms with van der Waals surface area (Å²) in [4.78, 5) is 16.7. The highest BCUT2D eigenvalue weighted by Gasteiger charge is 2.13. The number of carbonyl (C=O) groups is 1. The van der Waals surface area contributed by atoms with E-state index in [0.29, 0.717) is 17.9 Å². The summed E-state index contributed by atoms with van der Waals surface area (Å²) in [5.41, 5.74) is 2.46. The molecule has 24 heavy (non-hydrogen) atoms. The Morgan fingerprint density at radius 1 is 1.08 bits per heavy atom. The van der Waals surface area contributed by atoms with Crippen LogP contribution in [-0.4, -0.2) is 32.3 Å². The van der Waals surface area contributed by atoms with Gasteiger partial charge >= 0.3 is 0 Å². The van der Waals surface area contributed by atoms with Gasteiger partial charge in [-0.3, -0.25) is 4.79 Å². The van der Waals surface area contributed by atoms with E-state index in [1.807, 2.05) is 24.3 Å². The number of hydrogen-bond donors (Lipinski definition) is 2. The molecular formula is C18H18N4O2. The van der Waals surface area contributed by atoms with E-state index in [1.165, 1.54) is 0 Å². The smallest absolute Gasteiger partial charge is 0.255 e. The van der Waals surface area contributed by atoms with Gasteiger partial charge in [0.25, 0.3) is 5.91 Å². The van der Waals surface area contributed by atoms with Gasteiger partial charge in [-0.25, -0.2) is 9.67 Å². The lowest BCUT2D eigenvalue weighted by atomic mass is 10.1. The molecule has 0 spiro atoms. The SMILES string of the molecule is O=C(NCCc1ccc(CO)cc1)c1cccnc1-n1cccn1. The Labute approximate surface area is 139 Å². The Balaban J connectivity index is 1.63. The summed E-state index contributed by atoms with van der Waals surface area (Å²) in [6.45, 7) is 0.555. The molecule has 0 unspecified atom stereocenters. The summed E-state index contributed by atoms with van der Waals surface area (Å²) < 4.78 is 1.57. The molecule has 0 aliphatic heterocycles. The number of hydrogen-bond acceptors (Lipinski definition) is 4. The van der Waals surface area contributed by atoms with E-state index in [4.69, 9.17) is 5.11 Å². The van der Waals surface area contributed by atoms with Crippen molar-refractivity contribution in [2.24, 2.45) is 0 Å². The van der Waals surface area contributed by atoms with Crippen LogP contribution >= 0.6 is 0 Å².